The van der Waals surface area contributed by atoms with Gasteiger partial charge in [-0.3, -0.25) is 9.69 Å². The van der Waals surface area contributed by atoms with Gasteiger partial charge >= 0.3 is 12.1 Å². The van der Waals surface area contributed by atoms with E-state index in [-0.39, 0.29) is 23.1 Å². The van der Waals surface area contributed by atoms with Crippen molar-refractivity contribution in [3.05, 3.63) is 34.6 Å². The van der Waals surface area contributed by atoms with E-state index in [0.29, 0.717) is 35.7 Å². The second kappa shape index (κ2) is 9.51. The zero-order valence-electron chi connectivity index (χ0n) is 17.6. The van der Waals surface area contributed by atoms with E-state index in [1.165, 1.54) is 13.2 Å². The van der Waals surface area contributed by atoms with E-state index >= 15 is 0 Å². The highest BCUT2D eigenvalue weighted by Crippen LogP contribution is 2.33. The molecule has 3 aromatic heterocycles. The Morgan fingerprint density at radius 2 is 2.03 bits per heavy atom. The summed E-state index contributed by atoms with van der Waals surface area (Å²) in [5.41, 5.74) is 0.330. The number of esters is 1. The molecular formula is C20H22N4O7S. The number of hydrogen-bond donors (Lipinski definition) is 1. The first-order chi connectivity index (χ1) is 15.5. The molecule has 0 bridgehead atoms. The number of ether oxygens (including phenoxy) is 3. The summed E-state index contributed by atoms with van der Waals surface area (Å²) in [5.74, 6) is -0.205. The molecule has 0 unspecified atom stereocenters. The molecule has 0 saturated carbocycles. The van der Waals surface area contributed by atoms with Gasteiger partial charge in [0.15, 0.2) is 11.6 Å². The Bertz CT molecular complexity index is 1140. The molecule has 0 atom stereocenters. The zero-order valence-corrected chi connectivity index (χ0v) is 18.4. The Labute approximate surface area is 186 Å². The van der Waals surface area contributed by atoms with Crippen LogP contribution < -0.4 is 5.32 Å². The molecule has 4 heterocycles. The lowest BCUT2D eigenvalue weighted by Gasteiger charge is -2.25. The first-order valence-corrected chi connectivity index (χ1v) is 10.8. The van der Waals surface area contributed by atoms with E-state index in [9.17, 15) is 14.4 Å². The predicted molar refractivity (Wildman–Crippen MR) is 114 cm³/mol. The summed E-state index contributed by atoms with van der Waals surface area (Å²) < 4.78 is 22.2. The number of aromatic nitrogens is 2. The van der Waals surface area contributed by atoms with Crippen LogP contribution in [0.2, 0.25) is 0 Å². The van der Waals surface area contributed by atoms with E-state index in [4.69, 9.17) is 18.6 Å². The predicted octanol–water partition coefficient (Wildman–Crippen LogP) is 2.57. The lowest BCUT2D eigenvalue weighted by Crippen LogP contribution is -2.35. The number of thiophene rings is 1. The quantitative estimate of drug-likeness (QED) is 0.550. The van der Waals surface area contributed by atoms with Gasteiger partial charge in [-0.25, -0.2) is 9.59 Å². The Balaban J connectivity index is 1.56. The van der Waals surface area contributed by atoms with Crippen LogP contribution in [0.3, 0.4) is 0 Å². The van der Waals surface area contributed by atoms with Crippen molar-refractivity contribution >= 4 is 45.3 Å². The number of amides is 1. The van der Waals surface area contributed by atoms with Gasteiger partial charge in [-0.1, -0.05) is 0 Å². The number of nitrogens with one attached hydrogen (secondary N) is 1. The standard InChI is InChI=1S/C20H22N4O7S/c1-3-30-20(27)24-13-10-15(19(26)28-2)32-16(13)17(22-24)21-18(25)14-5-4-12(31-14)11-23-6-8-29-9-7-23/h4-5,10H,3,6-9,11H2,1-2H3,(H,21,22,25). The number of anilines is 1. The van der Waals surface area contributed by atoms with Crippen molar-refractivity contribution in [1.82, 2.24) is 14.7 Å². The fourth-order valence-corrected chi connectivity index (χ4v) is 4.24. The third kappa shape index (κ3) is 4.52. The van der Waals surface area contributed by atoms with Gasteiger partial charge in [-0.2, -0.15) is 4.68 Å². The number of nitrogens with zero attached hydrogens (tertiary/aromatic N) is 3. The third-order valence-corrected chi connectivity index (χ3v) is 5.89. The van der Waals surface area contributed by atoms with Gasteiger partial charge in [0.25, 0.3) is 5.91 Å². The van der Waals surface area contributed by atoms with Crippen molar-refractivity contribution in [2.45, 2.75) is 13.5 Å². The van der Waals surface area contributed by atoms with E-state index in [1.54, 1.807) is 19.1 Å². The Hall–Kier alpha value is -3.22. The van der Waals surface area contributed by atoms with Gasteiger partial charge < -0.3 is 23.9 Å². The Morgan fingerprint density at radius 3 is 2.75 bits per heavy atom. The van der Waals surface area contributed by atoms with Crippen LogP contribution in [-0.2, 0) is 20.8 Å². The SMILES string of the molecule is CCOC(=O)n1nc(NC(=O)c2ccc(CN3CCOCC3)o2)c2sc(C(=O)OC)cc21. The van der Waals surface area contributed by atoms with Crippen LogP contribution in [-0.4, -0.2) is 72.7 Å². The van der Waals surface area contributed by atoms with Gasteiger partial charge in [0.2, 0.25) is 0 Å². The van der Waals surface area contributed by atoms with Gasteiger partial charge in [0, 0.05) is 13.1 Å². The lowest BCUT2D eigenvalue weighted by atomic mass is 10.3. The number of carbonyl (C=O) groups excluding carboxylic acids is 3. The van der Waals surface area contributed by atoms with Crippen molar-refractivity contribution in [3.8, 4) is 0 Å². The number of morpholine rings is 1. The highest BCUT2D eigenvalue weighted by Gasteiger charge is 2.24. The van der Waals surface area contributed by atoms with Crippen molar-refractivity contribution in [3.63, 3.8) is 0 Å². The number of carbonyl (C=O) groups is 3. The van der Waals surface area contributed by atoms with E-state index in [2.05, 4.69) is 15.3 Å². The molecule has 11 nitrogen and oxygen atoms in total. The first-order valence-electron chi connectivity index (χ1n) is 9.98. The van der Waals surface area contributed by atoms with Gasteiger partial charge in [-0.05, 0) is 25.1 Å². The maximum absolute atomic E-state index is 12.8. The smallest absolute Gasteiger partial charge is 0.435 e. The van der Waals surface area contributed by atoms with Crippen LogP contribution in [0.15, 0.2) is 22.6 Å². The third-order valence-electron chi connectivity index (χ3n) is 4.78. The molecule has 1 aliphatic rings. The molecule has 0 aromatic carbocycles. The number of fused-ring (bicyclic) bond motifs is 1. The Morgan fingerprint density at radius 1 is 1.25 bits per heavy atom. The van der Waals surface area contributed by atoms with Crippen molar-refractivity contribution in [2.75, 3.05) is 45.3 Å². The molecule has 1 amide bonds. The van der Waals surface area contributed by atoms with E-state index in [0.717, 1.165) is 29.1 Å². The molecule has 1 fully saturated rings. The molecule has 170 valence electrons. The molecular weight excluding hydrogens is 440 g/mol. The second-order valence-corrected chi connectivity index (χ2v) is 7.94. The lowest BCUT2D eigenvalue weighted by molar-refractivity contribution is 0.0312. The average molecular weight is 462 g/mol. The molecule has 32 heavy (non-hydrogen) atoms. The van der Waals surface area contributed by atoms with E-state index in [1.807, 2.05) is 0 Å². The number of rotatable bonds is 6. The zero-order chi connectivity index (χ0) is 22.7. The van der Waals surface area contributed by atoms with Gasteiger partial charge in [0.05, 0.1) is 43.7 Å². The molecule has 1 N–H and O–H groups in total. The fourth-order valence-electron chi connectivity index (χ4n) is 3.25. The van der Waals surface area contributed by atoms with Crippen LogP contribution >= 0.6 is 11.3 Å². The maximum atomic E-state index is 12.8. The van der Waals surface area contributed by atoms with Crippen LogP contribution in [0.4, 0.5) is 10.6 Å². The summed E-state index contributed by atoms with van der Waals surface area (Å²) in [4.78, 5) is 39.4. The summed E-state index contributed by atoms with van der Waals surface area (Å²) in [6.07, 6.45) is -0.724. The number of hydrogen-bond acceptors (Lipinski definition) is 10. The minimum Gasteiger partial charge on any atom is -0.465 e. The largest absolute Gasteiger partial charge is 0.465 e. The highest BCUT2D eigenvalue weighted by atomic mass is 32.1. The fraction of sp³-hybridized carbons (Fsp3) is 0.400. The van der Waals surface area contributed by atoms with Crippen molar-refractivity contribution in [2.24, 2.45) is 0 Å². The summed E-state index contributed by atoms with van der Waals surface area (Å²) in [5, 5.41) is 6.82. The maximum Gasteiger partial charge on any atom is 0.435 e. The minimum atomic E-state index is -0.724. The Kier molecular flexibility index (Phi) is 6.53. The van der Waals surface area contributed by atoms with Crippen LogP contribution in [0.5, 0.6) is 0 Å². The molecule has 1 saturated heterocycles. The first kappa shape index (κ1) is 22.0. The molecule has 1 aliphatic heterocycles. The summed E-state index contributed by atoms with van der Waals surface area (Å²) in [7, 11) is 1.26. The topological polar surface area (TPSA) is 125 Å². The van der Waals surface area contributed by atoms with Crippen LogP contribution in [0, 0.1) is 0 Å². The molecule has 0 aliphatic carbocycles. The molecule has 3 aromatic rings. The molecule has 4 rings (SSSR count). The van der Waals surface area contributed by atoms with Crippen molar-refractivity contribution in [1.29, 1.82) is 0 Å². The number of methoxy groups -OCH3 is 1. The second-order valence-electron chi connectivity index (χ2n) is 6.88. The van der Waals surface area contributed by atoms with Gasteiger partial charge in [-0.15, -0.1) is 16.4 Å². The monoisotopic (exact) mass is 462 g/mol. The van der Waals surface area contributed by atoms with E-state index < -0.39 is 18.0 Å². The average Bonchev–Trinajstić information content (AvgIpc) is 3.50. The molecule has 12 heteroatoms. The summed E-state index contributed by atoms with van der Waals surface area (Å²) in [6.45, 7) is 5.32. The number of furan rings is 1. The van der Waals surface area contributed by atoms with Crippen LogP contribution in [0.1, 0.15) is 32.9 Å². The molecule has 0 radical (unpaired) electrons. The summed E-state index contributed by atoms with van der Waals surface area (Å²) >= 11 is 1.05. The normalized spacial score (nSPS) is 14.4. The minimum absolute atomic E-state index is 0.108. The highest BCUT2D eigenvalue weighted by molar-refractivity contribution is 7.21. The van der Waals surface area contributed by atoms with Gasteiger partial charge in [0.1, 0.15) is 10.6 Å². The van der Waals surface area contributed by atoms with Crippen LogP contribution in [0.25, 0.3) is 10.2 Å². The summed E-state index contributed by atoms with van der Waals surface area (Å²) in [6, 6.07) is 4.80. The van der Waals surface area contributed by atoms with Crippen molar-refractivity contribution < 1.29 is 33.0 Å². The molecule has 0 spiro atoms.